The van der Waals surface area contributed by atoms with E-state index in [0.29, 0.717) is 17.4 Å². The summed E-state index contributed by atoms with van der Waals surface area (Å²) in [4.78, 5) is 0. The molecule has 1 heterocycles. The summed E-state index contributed by atoms with van der Waals surface area (Å²) in [5.41, 5.74) is 0.926. The van der Waals surface area contributed by atoms with Crippen molar-refractivity contribution in [1.29, 1.82) is 0 Å². The zero-order chi connectivity index (χ0) is 9.47. The Kier molecular flexibility index (Phi) is 2.22. The van der Waals surface area contributed by atoms with Crippen molar-refractivity contribution in [3.63, 3.8) is 0 Å². The molecule has 0 amide bonds. The van der Waals surface area contributed by atoms with Gasteiger partial charge in [-0.2, -0.15) is 0 Å². The summed E-state index contributed by atoms with van der Waals surface area (Å²) in [7, 11) is 0. The van der Waals surface area contributed by atoms with Crippen LogP contribution in [0, 0.1) is 0 Å². The number of fused-ring (bicyclic) bond motifs is 1. The van der Waals surface area contributed by atoms with Gasteiger partial charge in [0, 0.05) is 5.88 Å². The van der Waals surface area contributed by atoms with Gasteiger partial charge < -0.3 is 9.47 Å². The molecule has 0 spiro atoms. The van der Waals surface area contributed by atoms with Gasteiger partial charge in [0.2, 0.25) is 0 Å². The SMILES string of the molecule is ClCc1ccc2c(c1)OC(Cl)(Cl)O2. The van der Waals surface area contributed by atoms with Crippen LogP contribution in [0.1, 0.15) is 5.56 Å². The van der Waals surface area contributed by atoms with Crippen molar-refractivity contribution in [3.8, 4) is 11.5 Å². The van der Waals surface area contributed by atoms with E-state index in [9.17, 15) is 0 Å². The number of hydrogen-bond acceptors (Lipinski definition) is 2. The third kappa shape index (κ3) is 1.80. The van der Waals surface area contributed by atoms with Crippen LogP contribution in [0.3, 0.4) is 0 Å². The summed E-state index contributed by atoms with van der Waals surface area (Å²) in [5, 5.41) is 0. The minimum absolute atomic E-state index is 0.411. The quantitative estimate of drug-likeness (QED) is 0.700. The Morgan fingerprint density at radius 1 is 1.15 bits per heavy atom. The molecule has 1 aliphatic rings. The van der Waals surface area contributed by atoms with Crippen molar-refractivity contribution in [3.05, 3.63) is 23.8 Å². The van der Waals surface area contributed by atoms with Gasteiger partial charge in [0.15, 0.2) is 11.5 Å². The van der Waals surface area contributed by atoms with E-state index in [1.807, 2.05) is 6.07 Å². The second-order valence-corrected chi connectivity index (χ2v) is 4.04. The molecule has 0 N–H and O–H groups in total. The van der Waals surface area contributed by atoms with E-state index in [2.05, 4.69) is 0 Å². The maximum absolute atomic E-state index is 5.64. The standard InChI is InChI=1S/C8H5Cl3O2/c9-4-5-1-2-6-7(3-5)13-8(10,11)12-6/h1-3H,4H2. The molecule has 0 saturated heterocycles. The molecule has 0 radical (unpaired) electrons. The van der Waals surface area contributed by atoms with Gasteiger partial charge in [-0.05, 0) is 40.9 Å². The van der Waals surface area contributed by atoms with Crippen molar-refractivity contribution in [1.82, 2.24) is 0 Å². The normalized spacial score (nSPS) is 17.5. The van der Waals surface area contributed by atoms with Gasteiger partial charge in [0.25, 0.3) is 0 Å². The highest BCUT2D eigenvalue weighted by Gasteiger charge is 2.37. The molecule has 0 bridgehead atoms. The van der Waals surface area contributed by atoms with Crippen LogP contribution in [0.15, 0.2) is 18.2 Å². The molecule has 0 saturated carbocycles. The zero-order valence-corrected chi connectivity index (χ0v) is 8.66. The van der Waals surface area contributed by atoms with Crippen molar-refractivity contribution in [2.45, 2.75) is 10.6 Å². The summed E-state index contributed by atoms with van der Waals surface area (Å²) in [6.45, 7) is 0. The molecule has 70 valence electrons. The first-order valence-corrected chi connectivity index (χ1v) is 4.84. The van der Waals surface area contributed by atoms with Gasteiger partial charge in [-0.1, -0.05) is 6.07 Å². The van der Waals surface area contributed by atoms with Crippen LogP contribution >= 0.6 is 34.8 Å². The highest BCUT2D eigenvalue weighted by atomic mass is 35.5. The van der Waals surface area contributed by atoms with Crippen LogP contribution in [0.2, 0.25) is 0 Å². The number of ether oxygens (including phenoxy) is 2. The molecular weight excluding hydrogens is 234 g/mol. The Balaban J connectivity index is 2.36. The average Bonchev–Trinajstić information content (AvgIpc) is 2.36. The molecule has 0 aliphatic carbocycles. The lowest BCUT2D eigenvalue weighted by molar-refractivity contribution is 0.0849. The molecular formula is C8H5Cl3O2. The molecule has 2 nitrogen and oxygen atoms in total. The Morgan fingerprint density at radius 3 is 2.54 bits per heavy atom. The largest absolute Gasteiger partial charge is 0.423 e. The van der Waals surface area contributed by atoms with E-state index in [1.165, 1.54) is 0 Å². The summed E-state index contributed by atoms with van der Waals surface area (Å²) < 4.78 is 8.54. The van der Waals surface area contributed by atoms with E-state index in [0.717, 1.165) is 5.56 Å². The maximum Gasteiger partial charge on any atom is 0.419 e. The predicted molar refractivity (Wildman–Crippen MR) is 51.7 cm³/mol. The number of benzene rings is 1. The fourth-order valence-electron chi connectivity index (χ4n) is 1.08. The fraction of sp³-hybridized carbons (Fsp3) is 0.250. The second-order valence-electron chi connectivity index (χ2n) is 2.58. The fourth-order valence-corrected chi connectivity index (χ4v) is 1.58. The van der Waals surface area contributed by atoms with Gasteiger partial charge >= 0.3 is 4.71 Å². The van der Waals surface area contributed by atoms with Crippen LogP contribution in [0.5, 0.6) is 11.5 Å². The Morgan fingerprint density at radius 2 is 1.85 bits per heavy atom. The van der Waals surface area contributed by atoms with Crippen molar-refractivity contribution in [2.75, 3.05) is 0 Å². The van der Waals surface area contributed by atoms with Crippen molar-refractivity contribution < 1.29 is 9.47 Å². The highest BCUT2D eigenvalue weighted by molar-refractivity contribution is 6.46. The first-order chi connectivity index (χ1) is 6.11. The zero-order valence-electron chi connectivity index (χ0n) is 6.39. The number of halogens is 3. The molecule has 2 rings (SSSR count). The van der Waals surface area contributed by atoms with Gasteiger partial charge in [0.05, 0.1) is 0 Å². The lowest BCUT2D eigenvalue weighted by atomic mass is 10.2. The van der Waals surface area contributed by atoms with Crippen molar-refractivity contribution in [2.24, 2.45) is 0 Å². The molecule has 0 atom stereocenters. The minimum atomic E-state index is -1.60. The van der Waals surface area contributed by atoms with E-state index in [-0.39, 0.29) is 0 Å². The smallest absolute Gasteiger partial charge is 0.419 e. The Labute approximate surface area is 90.3 Å². The van der Waals surface area contributed by atoms with Gasteiger partial charge in [-0.15, -0.1) is 11.6 Å². The molecule has 0 fully saturated rings. The molecule has 13 heavy (non-hydrogen) atoms. The van der Waals surface area contributed by atoms with Crippen molar-refractivity contribution >= 4 is 34.8 Å². The molecule has 1 aromatic carbocycles. The van der Waals surface area contributed by atoms with Gasteiger partial charge in [-0.25, -0.2) is 0 Å². The third-order valence-electron chi connectivity index (χ3n) is 1.62. The third-order valence-corrected chi connectivity index (χ3v) is 2.24. The van der Waals surface area contributed by atoms with Crippen LogP contribution < -0.4 is 9.47 Å². The summed E-state index contributed by atoms with van der Waals surface area (Å²) in [6.07, 6.45) is 0. The van der Waals surface area contributed by atoms with Crippen LogP contribution in [0.25, 0.3) is 0 Å². The maximum atomic E-state index is 5.64. The summed E-state index contributed by atoms with van der Waals surface area (Å²) in [5.74, 6) is 1.45. The van der Waals surface area contributed by atoms with Crippen LogP contribution in [-0.4, -0.2) is 4.71 Å². The molecule has 5 heteroatoms. The number of rotatable bonds is 1. The van der Waals surface area contributed by atoms with Crippen LogP contribution in [-0.2, 0) is 5.88 Å². The average molecular weight is 239 g/mol. The molecule has 1 aromatic rings. The lowest BCUT2D eigenvalue weighted by Gasteiger charge is -2.09. The molecule has 0 unspecified atom stereocenters. The Bertz CT molecular complexity index is 338. The summed E-state index contributed by atoms with van der Waals surface area (Å²) in [6, 6.07) is 5.29. The second kappa shape index (κ2) is 3.12. The van der Waals surface area contributed by atoms with E-state index in [1.54, 1.807) is 12.1 Å². The Hall–Kier alpha value is -0.310. The summed E-state index contributed by atoms with van der Waals surface area (Å²) >= 11 is 16.9. The highest BCUT2D eigenvalue weighted by Crippen LogP contribution is 2.43. The van der Waals surface area contributed by atoms with E-state index in [4.69, 9.17) is 44.3 Å². The van der Waals surface area contributed by atoms with Gasteiger partial charge in [0.1, 0.15) is 0 Å². The van der Waals surface area contributed by atoms with E-state index >= 15 is 0 Å². The first-order valence-electron chi connectivity index (χ1n) is 3.55. The predicted octanol–water partition coefficient (Wildman–Crippen LogP) is 3.29. The minimum Gasteiger partial charge on any atom is -0.423 e. The van der Waals surface area contributed by atoms with Crippen LogP contribution in [0.4, 0.5) is 0 Å². The number of alkyl halides is 3. The lowest BCUT2D eigenvalue weighted by Crippen LogP contribution is -2.22. The topological polar surface area (TPSA) is 18.5 Å². The molecule has 1 aliphatic heterocycles. The number of hydrogen-bond donors (Lipinski definition) is 0. The monoisotopic (exact) mass is 238 g/mol. The first kappa shape index (κ1) is 9.25. The van der Waals surface area contributed by atoms with E-state index < -0.39 is 4.71 Å². The molecule has 0 aromatic heterocycles. The van der Waals surface area contributed by atoms with Gasteiger partial charge in [-0.3, -0.25) is 0 Å².